The van der Waals surface area contributed by atoms with Crippen molar-refractivity contribution in [2.75, 3.05) is 5.73 Å². The molecule has 0 atom stereocenters. The molecule has 0 aliphatic heterocycles. The summed E-state index contributed by atoms with van der Waals surface area (Å²) in [6.45, 7) is 0. The van der Waals surface area contributed by atoms with Gasteiger partial charge in [0.25, 0.3) is 0 Å². The highest BCUT2D eigenvalue weighted by atomic mass is 79.9. The summed E-state index contributed by atoms with van der Waals surface area (Å²) < 4.78 is 3.80. The standard InChI is InChI=1S/C15H11Br2N3/c16-11-7-5-10(6-8-11)15-13(18)9-20(19-15)14-4-2-1-3-12(14)17/h1-9H,18H2. The van der Waals surface area contributed by atoms with Gasteiger partial charge in [-0.1, -0.05) is 40.2 Å². The number of rotatable bonds is 2. The van der Waals surface area contributed by atoms with E-state index in [0.717, 1.165) is 25.9 Å². The molecular formula is C15H11Br2N3. The van der Waals surface area contributed by atoms with Crippen molar-refractivity contribution in [3.8, 4) is 16.9 Å². The molecule has 0 radical (unpaired) electrons. The van der Waals surface area contributed by atoms with Crippen molar-refractivity contribution < 1.29 is 0 Å². The molecule has 5 heteroatoms. The van der Waals surface area contributed by atoms with Crippen LogP contribution in [0.4, 0.5) is 5.69 Å². The highest BCUT2D eigenvalue weighted by molar-refractivity contribution is 9.10. The van der Waals surface area contributed by atoms with Crippen LogP contribution in [0.2, 0.25) is 0 Å². The third-order valence-electron chi connectivity index (χ3n) is 2.96. The van der Waals surface area contributed by atoms with Crippen LogP contribution in [0.1, 0.15) is 0 Å². The minimum absolute atomic E-state index is 0.656. The molecule has 0 spiro atoms. The van der Waals surface area contributed by atoms with Crippen molar-refractivity contribution in [1.29, 1.82) is 0 Å². The van der Waals surface area contributed by atoms with E-state index in [9.17, 15) is 0 Å². The first-order chi connectivity index (χ1) is 9.65. The Bertz CT molecular complexity index is 748. The lowest BCUT2D eigenvalue weighted by atomic mass is 10.1. The second-order valence-corrected chi connectivity index (χ2v) is 6.11. The Labute approximate surface area is 133 Å². The van der Waals surface area contributed by atoms with E-state index in [1.165, 1.54) is 0 Å². The first-order valence-electron chi connectivity index (χ1n) is 6.01. The second-order valence-electron chi connectivity index (χ2n) is 4.34. The van der Waals surface area contributed by atoms with Crippen LogP contribution in [0.15, 0.2) is 63.7 Å². The maximum Gasteiger partial charge on any atom is 0.116 e. The number of benzene rings is 2. The molecular weight excluding hydrogens is 382 g/mol. The second kappa shape index (κ2) is 5.42. The smallest absolute Gasteiger partial charge is 0.116 e. The van der Waals surface area contributed by atoms with E-state index in [0.29, 0.717) is 5.69 Å². The Hall–Kier alpha value is -1.59. The van der Waals surface area contributed by atoms with Crippen LogP contribution in [-0.4, -0.2) is 9.78 Å². The Morgan fingerprint density at radius 2 is 1.65 bits per heavy atom. The molecule has 0 fully saturated rings. The van der Waals surface area contributed by atoms with E-state index in [4.69, 9.17) is 5.73 Å². The van der Waals surface area contributed by atoms with E-state index < -0.39 is 0 Å². The third kappa shape index (κ3) is 2.51. The zero-order chi connectivity index (χ0) is 14.1. The van der Waals surface area contributed by atoms with Gasteiger partial charge in [-0.3, -0.25) is 0 Å². The van der Waals surface area contributed by atoms with Gasteiger partial charge in [-0.05, 0) is 40.2 Å². The van der Waals surface area contributed by atoms with Crippen LogP contribution in [0.5, 0.6) is 0 Å². The maximum absolute atomic E-state index is 6.09. The molecule has 0 saturated carbocycles. The Balaban J connectivity index is 2.08. The number of nitrogen functional groups attached to an aromatic ring is 1. The number of hydrogen-bond donors (Lipinski definition) is 1. The van der Waals surface area contributed by atoms with Crippen molar-refractivity contribution in [3.63, 3.8) is 0 Å². The molecule has 3 rings (SSSR count). The molecule has 0 unspecified atom stereocenters. The highest BCUT2D eigenvalue weighted by Crippen LogP contribution is 2.28. The average molecular weight is 393 g/mol. The van der Waals surface area contributed by atoms with Gasteiger partial charge in [-0.2, -0.15) is 5.10 Å². The highest BCUT2D eigenvalue weighted by Gasteiger charge is 2.11. The monoisotopic (exact) mass is 391 g/mol. The van der Waals surface area contributed by atoms with Gasteiger partial charge in [0, 0.05) is 14.5 Å². The van der Waals surface area contributed by atoms with E-state index in [1.54, 1.807) is 4.68 Å². The van der Waals surface area contributed by atoms with Gasteiger partial charge >= 0.3 is 0 Å². The summed E-state index contributed by atoms with van der Waals surface area (Å²) in [7, 11) is 0. The number of anilines is 1. The molecule has 0 amide bonds. The summed E-state index contributed by atoms with van der Waals surface area (Å²) in [6, 6.07) is 15.8. The minimum Gasteiger partial charge on any atom is -0.396 e. The fourth-order valence-corrected chi connectivity index (χ4v) is 2.71. The molecule has 3 nitrogen and oxygen atoms in total. The zero-order valence-corrected chi connectivity index (χ0v) is 13.6. The summed E-state index contributed by atoms with van der Waals surface area (Å²) in [6.07, 6.45) is 1.83. The van der Waals surface area contributed by atoms with Gasteiger partial charge in [-0.25, -0.2) is 4.68 Å². The molecule has 0 aliphatic rings. The van der Waals surface area contributed by atoms with Crippen LogP contribution in [0.3, 0.4) is 0 Å². The third-order valence-corrected chi connectivity index (χ3v) is 4.16. The lowest BCUT2D eigenvalue weighted by Gasteiger charge is -2.03. The van der Waals surface area contributed by atoms with Gasteiger partial charge in [0.2, 0.25) is 0 Å². The van der Waals surface area contributed by atoms with Gasteiger partial charge in [-0.15, -0.1) is 0 Å². The number of nitrogens with zero attached hydrogens (tertiary/aromatic N) is 2. The Morgan fingerprint density at radius 3 is 2.35 bits per heavy atom. The van der Waals surface area contributed by atoms with Crippen molar-refractivity contribution >= 4 is 37.5 Å². The van der Waals surface area contributed by atoms with E-state index in [1.807, 2.05) is 54.7 Å². The Kier molecular flexibility index (Phi) is 3.63. The van der Waals surface area contributed by atoms with Crippen LogP contribution in [0, 0.1) is 0 Å². The quantitative estimate of drug-likeness (QED) is 0.689. The molecule has 3 aromatic rings. The number of halogens is 2. The number of nitrogens with two attached hydrogens (primary N) is 1. The summed E-state index contributed by atoms with van der Waals surface area (Å²) in [5.41, 5.74) is 9.49. The SMILES string of the molecule is Nc1cn(-c2ccccc2Br)nc1-c1ccc(Br)cc1. The molecule has 0 saturated heterocycles. The zero-order valence-electron chi connectivity index (χ0n) is 10.4. The molecule has 0 aliphatic carbocycles. The average Bonchev–Trinajstić information content (AvgIpc) is 2.82. The summed E-state index contributed by atoms with van der Waals surface area (Å²) in [4.78, 5) is 0. The fourth-order valence-electron chi connectivity index (χ4n) is 1.98. The molecule has 2 aromatic carbocycles. The van der Waals surface area contributed by atoms with E-state index in [-0.39, 0.29) is 0 Å². The van der Waals surface area contributed by atoms with Crippen LogP contribution in [-0.2, 0) is 0 Å². The Morgan fingerprint density at radius 1 is 0.950 bits per heavy atom. The largest absolute Gasteiger partial charge is 0.396 e. The summed E-state index contributed by atoms with van der Waals surface area (Å²) in [5.74, 6) is 0. The van der Waals surface area contributed by atoms with E-state index in [2.05, 4.69) is 37.0 Å². The molecule has 0 bridgehead atoms. The first kappa shape index (κ1) is 13.4. The predicted molar refractivity (Wildman–Crippen MR) is 88.8 cm³/mol. The first-order valence-corrected chi connectivity index (χ1v) is 7.60. The van der Waals surface area contributed by atoms with Gasteiger partial charge < -0.3 is 5.73 Å². The molecule has 1 heterocycles. The normalized spacial score (nSPS) is 10.7. The van der Waals surface area contributed by atoms with Gasteiger partial charge in [0.1, 0.15) is 5.69 Å². The van der Waals surface area contributed by atoms with Gasteiger partial charge in [0.15, 0.2) is 0 Å². The number of hydrogen-bond acceptors (Lipinski definition) is 2. The van der Waals surface area contributed by atoms with Gasteiger partial charge in [0.05, 0.1) is 17.6 Å². The maximum atomic E-state index is 6.09. The van der Waals surface area contributed by atoms with Crippen LogP contribution < -0.4 is 5.73 Å². The topological polar surface area (TPSA) is 43.8 Å². The number of aromatic nitrogens is 2. The van der Waals surface area contributed by atoms with Crippen molar-refractivity contribution in [3.05, 3.63) is 63.7 Å². The van der Waals surface area contributed by atoms with Crippen molar-refractivity contribution in [2.24, 2.45) is 0 Å². The van der Waals surface area contributed by atoms with Crippen LogP contribution in [0.25, 0.3) is 16.9 Å². The molecule has 100 valence electrons. The minimum atomic E-state index is 0.656. The van der Waals surface area contributed by atoms with E-state index >= 15 is 0 Å². The lowest BCUT2D eigenvalue weighted by Crippen LogP contribution is -1.95. The number of para-hydroxylation sites is 1. The predicted octanol–water partition coefficient (Wildman–Crippen LogP) is 4.65. The summed E-state index contributed by atoms with van der Waals surface area (Å²) >= 11 is 6.95. The fraction of sp³-hybridized carbons (Fsp3) is 0. The van der Waals surface area contributed by atoms with Crippen LogP contribution >= 0.6 is 31.9 Å². The van der Waals surface area contributed by atoms with Crippen molar-refractivity contribution in [2.45, 2.75) is 0 Å². The molecule has 20 heavy (non-hydrogen) atoms. The molecule has 2 N–H and O–H groups in total. The lowest BCUT2D eigenvalue weighted by molar-refractivity contribution is 0.880. The van der Waals surface area contributed by atoms with Crippen molar-refractivity contribution in [1.82, 2.24) is 9.78 Å². The summed E-state index contributed by atoms with van der Waals surface area (Å²) in [5, 5.41) is 4.59. The molecule has 1 aromatic heterocycles.